The number of benzene rings is 1. The van der Waals surface area contributed by atoms with Crippen molar-refractivity contribution in [2.75, 3.05) is 12.0 Å². The Morgan fingerprint density at radius 3 is 2.75 bits per heavy atom. The van der Waals surface area contributed by atoms with Gasteiger partial charge in [-0.25, -0.2) is 9.07 Å². The molecule has 1 unspecified atom stereocenters. The summed E-state index contributed by atoms with van der Waals surface area (Å²) < 4.78 is 17.0. The van der Waals surface area contributed by atoms with E-state index in [0.717, 1.165) is 10.4 Å². The second kappa shape index (κ2) is 9.73. The third-order valence-electron chi connectivity index (χ3n) is 4.91. The van der Waals surface area contributed by atoms with Crippen molar-refractivity contribution in [1.29, 1.82) is 0 Å². The molecule has 0 fully saturated rings. The van der Waals surface area contributed by atoms with Crippen LogP contribution in [0.2, 0.25) is 0 Å². The number of halogens is 1. The Balaban J connectivity index is 1.57. The number of fused-ring (bicyclic) bond motifs is 1. The van der Waals surface area contributed by atoms with E-state index in [1.54, 1.807) is 30.0 Å². The Bertz CT molecular complexity index is 1300. The summed E-state index contributed by atoms with van der Waals surface area (Å²) in [6.07, 6.45) is 4.46. The molecule has 0 saturated carbocycles. The van der Waals surface area contributed by atoms with Crippen molar-refractivity contribution in [2.24, 2.45) is 0 Å². The first-order chi connectivity index (χ1) is 15.6. The first kappa shape index (κ1) is 21.7. The van der Waals surface area contributed by atoms with Crippen molar-refractivity contribution in [3.05, 3.63) is 82.8 Å². The van der Waals surface area contributed by atoms with Gasteiger partial charge in [-0.3, -0.25) is 14.0 Å². The molecule has 0 spiro atoms. The van der Waals surface area contributed by atoms with Crippen LogP contribution in [-0.2, 0) is 11.3 Å². The average molecular weight is 453 g/mol. The molecule has 3 aromatic heterocycles. The minimum Gasteiger partial charge on any atom is -0.344 e. The Kier molecular flexibility index (Phi) is 6.60. The molecule has 3 heterocycles. The van der Waals surface area contributed by atoms with E-state index < -0.39 is 23.3 Å². The Labute approximate surface area is 187 Å². The van der Waals surface area contributed by atoms with Crippen molar-refractivity contribution in [2.45, 2.75) is 19.0 Å². The van der Waals surface area contributed by atoms with Crippen molar-refractivity contribution in [3.63, 3.8) is 0 Å². The van der Waals surface area contributed by atoms with Crippen LogP contribution in [0, 0.1) is 5.82 Å². The largest absolute Gasteiger partial charge is 0.344 e. The number of aromatic nitrogens is 5. The van der Waals surface area contributed by atoms with Gasteiger partial charge < -0.3 is 5.32 Å². The van der Waals surface area contributed by atoms with Gasteiger partial charge in [0.25, 0.3) is 5.56 Å². The maximum Gasteiger partial charge on any atom is 0.267 e. The molecule has 10 heteroatoms. The summed E-state index contributed by atoms with van der Waals surface area (Å²) >= 11 is 1.66. The number of hydrogen-bond acceptors (Lipinski definition) is 6. The van der Waals surface area contributed by atoms with Crippen molar-refractivity contribution in [3.8, 4) is 11.3 Å². The van der Waals surface area contributed by atoms with Crippen molar-refractivity contribution < 1.29 is 9.18 Å². The Morgan fingerprint density at radius 1 is 1.12 bits per heavy atom. The fraction of sp³-hybridized carbons (Fsp3) is 0.227. The quantitative estimate of drug-likeness (QED) is 0.442. The van der Waals surface area contributed by atoms with E-state index >= 15 is 0 Å². The molecule has 0 aliphatic carbocycles. The number of carbonyl (C=O) groups is 1. The van der Waals surface area contributed by atoms with Crippen LogP contribution in [0.25, 0.3) is 16.9 Å². The molecule has 4 rings (SSSR count). The predicted molar refractivity (Wildman–Crippen MR) is 121 cm³/mol. The van der Waals surface area contributed by atoms with Crippen LogP contribution >= 0.6 is 11.8 Å². The molecule has 0 saturated heterocycles. The standard InChI is InChI=1S/C22H21FN6O2S/c1-32-13-11-18(22-26-25-19-8-4-5-12-28(19)22)24-20(30)14-29-21(31)10-9-17(27-29)15-6-2-3-7-16(15)23/h2-10,12,18H,11,13-14H2,1H3,(H,24,30). The zero-order valence-electron chi connectivity index (χ0n) is 17.3. The van der Waals surface area contributed by atoms with Gasteiger partial charge in [-0.15, -0.1) is 10.2 Å². The lowest BCUT2D eigenvalue weighted by molar-refractivity contribution is -0.122. The van der Waals surface area contributed by atoms with E-state index in [4.69, 9.17) is 0 Å². The lowest BCUT2D eigenvalue weighted by Gasteiger charge is -2.17. The van der Waals surface area contributed by atoms with Gasteiger partial charge in [0, 0.05) is 17.8 Å². The molecule has 0 aliphatic heterocycles. The van der Waals surface area contributed by atoms with E-state index in [1.165, 1.54) is 18.2 Å². The highest BCUT2D eigenvalue weighted by atomic mass is 32.2. The molecule has 4 aromatic rings. The number of thioether (sulfide) groups is 1. The SMILES string of the molecule is CSCCC(NC(=O)Cn1nc(-c2ccccc2F)ccc1=O)c1nnc2ccccn12. The maximum atomic E-state index is 14.1. The van der Waals surface area contributed by atoms with Crippen LogP contribution in [0.4, 0.5) is 4.39 Å². The van der Waals surface area contributed by atoms with E-state index in [2.05, 4.69) is 20.6 Å². The summed E-state index contributed by atoms with van der Waals surface area (Å²) in [5.41, 5.74) is 0.766. The second-order valence-corrected chi connectivity index (χ2v) is 8.07. The molecule has 164 valence electrons. The van der Waals surface area contributed by atoms with Gasteiger partial charge >= 0.3 is 0 Å². The van der Waals surface area contributed by atoms with Gasteiger partial charge in [-0.2, -0.15) is 16.9 Å². The van der Waals surface area contributed by atoms with Crippen LogP contribution in [-0.4, -0.2) is 42.3 Å². The normalized spacial score (nSPS) is 12.1. The molecule has 0 aliphatic rings. The van der Waals surface area contributed by atoms with E-state index in [1.807, 2.05) is 35.1 Å². The highest BCUT2D eigenvalue weighted by molar-refractivity contribution is 7.98. The van der Waals surface area contributed by atoms with Gasteiger partial charge in [-0.05, 0) is 48.8 Å². The van der Waals surface area contributed by atoms with Crippen LogP contribution in [0.5, 0.6) is 0 Å². The monoisotopic (exact) mass is 452 g/mol. The van der Waals surface area contributed by atoms with Crippen molar-refractivity contribution >= 4 is 23.3 Å². The number of hydrogen-bond donors (Lipinski definition) is 1. The molecular weight excluding hydrogens is 431 g/mol. The van der Waals surface area contributed by atoms with Gasteiger partial charge in [0.05, 0.1) is 11.7 Å². The number of nitrogens with zero attached hydrogens (tertiary/aromatic N) is 5. The Morgan fingerprint density at radius 2 is 1.94 bits per heavy atom. The maximum absolute atomic E-state index is 14.1. The van der Waals surface area contributed by atoms with Gasteiger partial charge in [0.1, 0.15) is 12.4 Å². The third-order valence-corrected chi connectivity index (χ3v) is 5.55. The number of amides is 1. The number of nitrogens with one attached hydrogen (secondary N) is 1. The zero-order valence-corrected chi connectivity index (χ0v) is 18.1. The molecular formula is C22H21FN6O2S. The summed E-state index contributed by atoms with van der Waals surface area (Å²) in [6.45, 7) is -0.298. The van der Waals surface area contributed by atoms with E-state index in [0.29, 0.717) is 17.9 Å². The minimum atomic E-state index is -0.453. The second-order valence-electron chi connectivity index (χ2n) is 7.08. The number of rotatable bonds is 8. The van der Waals surface area contributed by atoms with Gasteiger partial charge in [0.15, 0.2) is 11.5 Å². The summed E-state index contributed by atoms with van der Waals surface area (Å²) in [4.78, 5) is 25.1. The topological polar surface area (TPSA) is 94.2 Å². The molecule has 1 amide bonds. The fourth-order valence-corrected chi connectivity index (χ4v) is 3.82. The fourth-order valence-electron chi connectivity index (χ4n) is 3.35. The van der Waals surface area contributed by atoms with Crippen molar-refractivity contribution in [1.82, 2.24) is 29.7 Å². The molecule has 1 aromatic carbocycles. The van der Waals surface area contributed by atoms with Gasteiger partial charge in [0.2, 0.25) is 5.91 Å². The predicted octanol–water partition coefficient (Wildman–Crippen LogP) is 2.70. The minimum absolute atomic E-state index is 0.259. The number of pyridine rings is 1. The lowest BCUT2D eigenvalue weighted by Crippen LogP contribution is -2.36. The third kappa shape index (κ3) is 4.70. The highest BCUT2D eigenvalue weighted by Crippen LogP contribution is 2.20. The summed E-state index contributed by atoms with van der Waals surface area (Å²) in [5, 5.41) is 15.5. The molecule has 0 radical (unpaired) electrons. The number of carbonyl (C=O) groups excluding carboxylic acids is 1. The van der Waals surface area contributed by atoms with Gasteiger partial charge in [-0.1, -0.05) is 18.2 Å². The first-order valence-electron chi connectivity index (χ1n) is 9.98. The van der Waals surface area contributed by atoms with Crippen LogP contribution < -0.4 is 10.9 Å². The highest BCUT2D eigenvalue weighted by Gasteiger charge is 2.21. The molecule has 0 bridgehead atoms. The van der Waals surface area contributed by atoms with Crippen LogP contribution in [0.3, 0.4) is 0 Å². The average Bonchev–Trinajstić information content (AvgIpc) is 3.23. The van der Waals surface area contributed by atoms with E-state index in [9.17, 15) is 14.0 Å². The molecule has 1 atom stereocenters. The van der Waals surface area contributed by atoms with E-state index in [-0.39, 0.29) is 17.8 Å². The summed E-state index contributed by atoms with van der Waals surface area (Å²) in [7, 11) is 0. The van der Waals surface area contributed by atoms with Crippen LogP contribution in [0.1, 0.15) is 18.3 Å². The smallest absolute Gasteiger partial charge is 0.267 e. The first-order valence-corrected chi connectivity index (χ1v) is 11.4. The molecule has 8 nitrogen and oxygen atoms in total. The van der Waals surface area contributed by atoms with Crippen LogP contribution in [0.15, 0.2) is 65.6 Å². The zero-order chi connectivity index (χ0) is 22.5. The molecule has 1 N–H and O–H groups in total. The molecule has 32 heavy (non-hydrogen) atoms. The summed E-state index contributed by atoms with van der Waals surface area (Å²) in [5.74, 6) is 0.561. The summed E-state index contributed by atoms with van der Waals surface area (Å²) in [6, 6.07) is 14.0. The lowest BCUT2D eigenvalue weighted by atomic mass is 10.1. The Hall–Kier alpha value is -3.53.